The third-order valence-corrected chi connectivity index (χ3v) is 6.19. The number of nitrogens with one attached hydrogen (secondary N) is 2. The lowest BCUT2D eigenvalue weighted by molar-refractivity contribution is -0.128. The van der Waals surface area contributed by atoms with Crippen molar-refractivity contribution >= 4 is 17.9 Å². The molecule has 2 aromatic rings. The maximum absolute atomic E-state index is 13.7. The Morgan fingerprint density at radius 2 is 2.06 bits per heavy atom. The minimum Gasteiger partial charge on any atom is -0.356 e. The summed E-state index contributed by atoms with van der Waals surface area (Å²) in [6, 6.07) is 6.16. The molecule has 4 rings (SSSR count). The monoisotopic (exact) mass is 424 g/mol. The van der Waals surface area contributed by atoms with Crippen molar-refractivity contribution in [3.63, 3.8) is 0 Å². The molecule has 1 aliphatic carbocycles. The molecule has 2 fully saturated rings. The lowest BCUT2D eigenvalue weighted by Gasteiger charge is -2.39. The highest BCUT2D eigenvalue weighted by atomic mass is 19.1. The van der Waals surface area contributed by atoms with E-state index in [1.165, 1.54) is 18.5 Å². The second kappa shape index (κ2) is 8.38. The molecular weight excluding hydrogens is 402 g/mol. The lowest BCUT2D eigenvalue weighted by atomic mass is 9.81. The van der Waals surface area contributed by atoms with Crippen LogP contribution in [0, 0.1) is 39.7 Å². The van der Waals surface area contributed by atoms with E-state index >= 15 is 0 Å². The van der Waals surface area contributed by atoms with E-state index in [2.05, 4.69) is 20.2 Å². The van der Waals surface area contributed by atoms with E-state index in [1.54, 1.807) is 6.07 Å². The molecule has 31 heavy (non-hydrogen) atoms. The number of carbonyl (C=O) groups excluding carboxylic acids is 1. The van der Waals surface area contributed by atoms with Crippen molar-refractivity contribution in [1.29, 1.82) is 10.7 Å². The summed E-state index contributed by atoms with van der Waals surface area (Å²) in [5.41, 5.74) is 0.427. The number of aromatic nitrogens is 2. The average Bonchev–Trinajstić information content (AvgIpc) is 3.51. The Labute approximate surface area is 178 Å². The van der Waals surface area contributed by atoms with Gasteiger partial charge in [0.15, 0.2) is 0 Å². The maximum atomic E-state index is 13.7. The highest BCUT2D eigenvalue weighted by Gasteiger charge is 2.55. The van der Waals surface area contributed by atoms with Gasteiger partial charge in [-0.15, -0.1) is 0 Å². The van der Waals surface area contributed by atoms with Gasteiger partial charge in [0.2, 0.25) is 5.91 Å². The van der Waals surface area contributed by atoms with Crippen molar-refractivity contribution in [2.45, 2.75) is 31.7 Å². The van der Waals surface area contributed by atoms with Crippen LogP contribution in [0.1, 0.15) is 43.0 Å². The van der Waals surface area contributed by atoms with E-state index in [9.17, 15) is 13.6 Å². The fraction of sp³-hybridized carbons (Fsp3) is 0.409. The average molecular weight is 424 g/mol. The number of piperidine rings is 1. The second-order valence-electron chi connectivity index (χ2n) is 8.20. The Balaban J connectivity index is 1.49. The summed E-state index contributed by atoms with van der Waals surface area (Å²) < 4.78 is 27.3. The van der Waals surface area contributed by atoms with E-state index in [-0.39, 0.29) is 23.7 Å². The number of hydrogen-bond acceptors (Lipinski definition) is 6. The molecule has 1 saturated heterocycles. The number of halogens is 2. The molecule has 1 amide bonds. The molecule has 2 atom stereocenters. The minimum atomic E-state index is -0.715. The van der Waals surface area contributed by atoms with Crippen LogP contribution in [-0.2, 0) is 4.79 Å². The van der Waals surface area contributed by atoms with Crippen LogP contribution in [0.5, 0.6) is 0 Å². The van der Waals surface area contributed by atoms with Gasteiger partial charge in [0.1, 0.15) is 35.5 Å². The summed E-state index contributed by atoms with van der Waals surface area (Å²) in [5, 5.41) is 19.4. The molecule has 1 saturated carbocycles. The molecular formula is C22H22F2N6O. The number of carbonyl (C=O) groups is 1. The summed E-state index contributed by atoms with van der Waals surface area (Å²) in [4.78, 5) is 23.4. The largest absolute Gasteiger partial charge is 0.356 e. The Morgan fingerprint density at radius 3 is 2.71 bits per heavy atom. The summed E-state index contributed by atoms with van der Waals surface area (Å²) in [6.45, 7) is 1.25. The van der Waals surface area contributed by atoms with Crippen LogP contribution in [-0.4, -0.2) is 35.2 Å². The standard InChI is InChI=1S/C22H22F2N6O/c23-15-7-14(8-16(24)9-15)19(1-5-25)29-21(31)18-2-6-30(12-22(18)3-4-22)20-10-17(11-26)27-13-28-20/h5,7-10,13,18-19,25H,1-4,6,12H2,(H,29,31). The Hall–Kier alpha value is -3.41. The van der Waals surface area contributed by atoms with Crippen LogP contribution in [0.4, 0.5) is 14.6 Å². The molecule has 2 heterocycles. The van der Waals surface area contributed by atoms with Crippen molar-refractivity contribution in [2.24, 2.45) is 11.3 Å². The molecule has 1 aliphatic heterocycles. The summed E-state index contributed by atoms with van der Waals surface area (Å²) in [7, 11) is 0. The first-order valence-electron chi connectivity index (χ1n) is 10.2. The highest BCUT2D eigenvalue weighted by molar-refractivity contribution is 5.81. The number of benzene rings is 1. The number of anilines is 1. The van der Waals surface area contributed by atoms with Gasteiger partial charge in [-0.3, -0.25) is 4.79 Å². The van der Waals surface area contributed by atoms with Crippen molar-refractivity contribution in [2.75, 3.05) is 18.0 Å². The Kier molecular flexibility index (Phi) is 5.63. The van der Waals surface area contributed by atoms with Gasteiger partial charge >= 0.3 is 0 Å². The quantitative estimate of drug-likeness (QED) is 0.693. The van der Waals surface area contributed by atoms with E-state index in [0.717, 1.165) is 25.1 Å². The van der Waals surface area contributed by atoms with Crippen molar-refractivity contribution in [3.05, 3.63) is 53.5 Å². The van der Waals surface area contributed by atoms with Crippen molar-refractivity contribution in [3.8, 4) is 6.07 Å². The summed E-state index contributed by atoms with van der Waals surface area (Å²) in [5.74, 6) is -1.14. The van der Waals surface area contributed by atoms with Gasteiger partial charge in [-0.05, 0) is 48.6 Å². The van der Waals surface area contributed by atoms with Gasteiger partial charge in [-0.25, -0.2) is 18.7 Å². The first-order valence-corrected chi connectivity index (χ1v) is 10.2. The SMILES string of the molecule is N#Cc1cc(N2CCC(C(=O)NC(CC=N)c3cc(F)cc(F)c3)C3(CC3)C2)ncn1. The molecule has 0 bridgehead atoms. The smallest absolute Gasteiger partial charge is 0.224 e. The lowest BCUT2D eigenvalue weighted by Crippen LogP contribution is -2.48. The molecule has 2 aliphatic rings. The molecule has 1 aromatic heterocycles. The number of rotatable bonds is 6. The van der Waals surface area contributed by atoms with Crippen LogP contribution in [0.25, 0.3) is 0 Å². The van der Waals surface area contributed by atoms with Gasteiger partial charge in [0.05, 0.1) is 6.04 Å². The van der Waals surface area contributed by atoms with E-state index in [1.807, 2.05) is 6.07 Å². The Morgan fingerprint density at radius 1 is 1.32 bits per heavy atom. The zero-order valence-corrected chi connectivity index (χ0v) is 16.8. The third-order valence-electron chi connectivity index (χ3n) is 6.19. The van der Waals surface area contributed by atoms with Gasteiger partial charge < -0.3 is 15.6 Å². The van der Waals surface area contributed by atoms with E-state index in [4.69, 9.17) is 10.7 Å². The fourth-order valence-electron chi connectivity index (χ4n) is 4.46. The van der Waals surface area contributed by atoms with Gasteiger partial charge in [-0.2, -0.15) is 5.26 Å². The Bertz CT molecular complexity index is 1030. The number of nitriles is 1. The number of nitrogens with zero attached hydrogens (tertiary/aromatic N) is 4. The molecule has 0 radical (unpaired) electrons. The predicted octanol–water partition coefficient (Wildman–Crippen LogP) is 3.13. The minimum absolute atomic E-state index is 0.151. The van der Waals surface area contributed by atoms with Gasteiger partial charge in [0.25, 0.3) is 0 Å². The third kappa shape index (κ3) is 4.38. The van der Waals surface area contributed by atoms with Crippen LogP contribution in [0.3, 0.4) is 0 Å². The van der Waals surface area contributed by atoms with Gasteiger partial charge in [0, 0.05) is 37.6 Å². The molecule has 2 N–H and O–H groups in total. The van der Waals surface area contributed by atoms with E-state index < -0.39 is 17.7 Å². The molecule has 160 valence electrons. The molecule has 7 nitrogen and oxygen atoms in total. The van der Waals surface area contributed by atoms with Gasteiger partial charge in [-0.1, -0.05) is 0 Å². The molecule has 1 aromatic carbocycles. The zero-order valence-electron chi connectivity index (χ0n) is 16.8. The normalized spacial score (nSPS) is 20.0. The summed E-state index contributed by atoms with van der Waals surface area (Å²) >= 11 is 0. The summed E-state index contributed by atoms with van der Waals surface area (Å²) in [6.07, 6.45) is 5.06. The van der Waals surface area contributed by atoms with Crippen molar-refractivity contribution in [1.82, 2.24) is 15.3 Å². The zero-order chi connectivity index (χ0) is 22.0. The molecule has 1 spiro atoms. The number of hydrogen-bond donors (Lipinski definition) is 2. The van der Waals surface area contributed by atoms with Crippen LogP contribution in [0.2, 0.25) is 0 Å². The maximum Gasteiger partial charge on any atom is 0.224 e. The molecule has 2 unspecified atom stereocenters. The van der Waals surface area contributed by atoms with Crippen LogP contribution in [0.15, 0.2) is 30.6 Å². The highest BCUT2D eigenvalue weighted by Crippen LogP contribution is 2.56. The van der Waals surface area contributed by atoms with E-state index in [0.29, 0.717) is 36.6 Å². The fourth-order valence-corrected chi connectivity index (χ4v) is 4.46. The first kappa shape index (κ1) is 20.8. The van der Waals surface area contributed by atoms with Crippen LogP contribution >= 0.6 is 0 Å². The topological polar surface area (TPSA) is 106 Å². The van der Waals surface area contributed by atoms with Crippen LogP contribution < -0.4 is 10.2 Å². The van der Waals surface area contributed by atoms with Crippen molar-refractivity contribution < 1.29 is 13.6 Å². The molecule has 9 heteroatoms. The number of amides is 1. The first-order chi connectivity index (χ1) is 14.9. The second-order valence-corrected chi connectivity index (χ2v) is 8.20. The predicted molar refractivity (Wildman–Crippen MR) is 109 cm³/mol.